The number of nitrogens with zero attached hydrogens (tertiary/aromatic N) is 2. The number of rotatable bonds is 10. The first-order valence-corrected chi connectivity index (χ1v) is 9.38. The van der Waals surface area contributed by atoms with Crippen molar-refractivity contribution in [2.45, 2.75) is 40.2 Å². The van der Waals surface area contributed by atoms with Gasteiger partial charge in [0.25, 0.3) is 0 Å². The Morgan fingerprint density at radius 2 is 1.77 bits per heavy atom. The topological polar surface area (TPSA) is 83.0 Å². The summed E-state index contributed by atoms with van der Waals surface area (Å²) in [6.45, 7) is 12.0. The zero-order valence-electron chi connectivity index (χ0n) is 14.8. The lowest BCUT2D eigenvalue weighted by molar-refractivity contribution is 0.0310. The minimum atomic E-state index is -3.22. The molecule has 0 spiro atoms. The van der Waals surface area contributed by atoms with Gasteiger partial charge in [-0.05, 0) is 20.8 Å². The van der Waals surface area contributed by atoms with Crippen molar-refractivity contribution in [1.82, 2.24) is 14.9 Å². The molecule has 132 valence electrons. The van der Waals surface area contributed by atoms with Gasteiger partial charge >= 0.3 is 0 Å². The SMILES string of the molecule is CCNC(=NCC(C)(C)OC)NCCS(=O)(=O)N(CC)CC. The lowest BCUT2D eigenvalue weighted by Crippen LogP contribution is -2.43. The molecule has 0 rings (SSSR count). The molecular weight excluding hydrogens is 304 g/mol. The number of sulfonamides is 1. The molecule has 0 saturated carbocycles. The number of guanidine groups is 1. The summed E-state index contributed by atoms with van der Waals surface area (Å²) in [4.78, 5) is 4.42. The van der Waals surface area contributed by atoms with Gasteiger partial charge in [0, 0.05) is 33.3 Å². The zero-order valence-corrected chi connectivity index (χ0v) is 15.6. The third-order valence-electron chi connectivity index (χ3n) is 3.27. The third kappa shape index (κ3) is 7.95. The molecule has 0 atom stereocenters. The van der Waals surface area contributed by atoms with Gasteiger partial charge in [0.2, 0.25) is 10.0 Å². The van der Waals surface area contributed by atoms with E-state index in [1.165, 1.54) is 4.31 Å². The molecule has 2 N–H and O–H groups in total. The lowest BCUT2D eigenvalue weighted by atomic mass is 10.1. The summed E-state index contributed by atoms with van der Waals surface area (Å²) in [5.41, 5.74) is -0.352. The highest BCUT2D eigenvalue weighted by atomic mass is 32.2. The third-order valence-corrected chi connectivity index (χ3v) is 5.29. The summed E-state index contributed by atoms with van der Waals surface area (Å²) in [5, 5.41) is 6.15. The summed E-state index contributed by atoms with van der Waals surface area (Å²) in [5.74, 6) is 0.648. The molecule has 0 aliphatic rings. The maximum atomic E-state index is 12.1. The van der Waals surface area contributed by atoms with Crippen molar-refractivity contribution < 1.29 is 13.2 Å². The second-order valence-corrected chi connectivity index (χ2v) is 7.57. The average molecular weight is 337 g/mol. The first-order chi connectivity index (χ1) is 10.2. The van der Waals surface area contributed by atoms with Gasteiger partial charge in [-0.2, -0.15) is 0 Å². The lowest BCUT2D eigenvalue weighted by Gasteiger charge is -2.22. The molecule has 0 fully saturated rings. The normalized spacial score (nSPS) is 13.5. The minimum Gasteiger partial charge on any atom is -0.377 e. The van der Waals surface area contributed by atoms with Crippen molar-refractivity contribution in [3.05, 3.63) is 0 Å². The molecule has 0 radical (unpaired) electrons. The number of ether oxygens (including phenoxy) is 1. The quantitative estimate of drug-likeness (QED) is 0.452. The van der Waals surface area contributed by atoms with Crippen LogP contribution < -0.4 is 10.6 Å². The van der Waals surface area contributed by atoms with Crippen LogP contribution in [0.4, 0.5) is 0 Å². The second kappa shape index (κ2) is 10.0. The molecule has 0 saturated heterocycles. The maximum absolute atomic E-state index is 12.1. The number of methoxy groups -OCH3 is 1. The summed E-state index contributed by atoms with van der Waals surface area (Å²) in [6, 6.07) is 0. The van der Waals surface area contributed by atoms with E-state index in [0.29, 0.717) is 38.7 Å². The molecule has 0 bridgehead atoms. The van der Waals surface area contributed by atoms with Crippen LogP contribution in [0.25, 0.3) is 0 Å². The predicted octanol–water partition coefficient (Wildman–Crippen LogP) is 0.638. The fourth-order valence-electron chi connectivity index (χ4n) is 1.72. The first-order valence-electron chi connectivity index (χ1n) is 7.77. The van der Waals surface area contributed by atoms with Gasteiger partial charge in [-0.3, -0.25) is 4.99 Å². The van der Waals surface area contributed by atoms with E-state index >= 15 is 0 Å². The van der Waals surface area contributed by atoms with Crippen molar-refractivity contribution >= 4 is 16.0 Å². The van der Waals surface area contributed by atoms with Gasteiger partial charge in [0.05, 0.1) is 17.9 Å². The molecule has 0 heterocycles. The van der Waals surface area contributed by atoms with Crippen LogP contribution in [0.2, 0.25) is 0 Å². The van der Waals surface area contributed by atoms with E-state index in [4.69, 9.17) is 4.74 Å². The van der Waals surface area contributed by atoms with E-state index in [2.05, 4.69) is 15.6 Å². The summed E-state index contributed by atoms with van der Waals surface area (Å²) in [6.07, 6.45) is 0. The van der Waals surface area contributed by atoms with Gasteiger partial charge in [-0.25, -0.2) is 12.7 Å². The highest BCUT2D eigenvalue weighted by Gasteiger charge is 2.19. The minimum absolute atomic E-state index is 0.0484. The average Bonchev–Trinajstić information content (AvgIpc) is 2.45. The van der Waals surface area contributed by atoms with Gasteiger partial charge in [-0.1, -0.05) is 13.8 Å². The smallest absolute Gasteiger partial charge is 0.215 e. The van der Waals surface area contributed by atoms with Gasteiger partial charge in [0.1, 0.15) is 0 Å². The molecule has 0 aromatic heterocycles. The molecule has 8 heteroatoms. The van der Waals surface area contributed by atoms with Crippen molar-refractivity contribution in [3.8, 4) is 0 Å². The molecule has 0 aliphatic carbocycles. The molecule has 7 nitrogen and oxygen atoms in total. The van der Waals surface area contributed by atoms with Crippen molar-refractivity contribution in [1.29, 1.82) is 0 Å². The van der Waals surface area contributed by atoms with Crippen LogP contribution >= 0.6 is 0 Å². The Hall–Kier alpha value is -0.860. The summed E-state index contributed by atoms with van der Waals surface area (Å²) >= 11 is 0. The molecule has 0 amide bonds. The van der Waals surface area contributed by atoms with Crippen LogP contribution in [0.3, 0.4) is 0 Å². The van der Waals surface area contributed by atoms with Crippen LogP contribution in [-0.2, 0) is 14.8 Å². The van der Waals surface area contributed by atoms with Crippen molar-refractivity contribution in [3.63, 3.8) is 0 Å². The van der Waals surface area contributed by atoms with E-state index in [-0.39, 0.29) is 11.4 Å². The van der Waals surface area contributed by atoms with Crippen LogP contribution in [0.1, 0.15) is 34.6 Å². The predicted molar refractivity (Wildman–Crippen MR) is 91.8 cm³/mol. The Labute approximate surface area is 135 Å². The Balaban J connectivity index is 4.57. The highest BCUT2D eigenvalue weighted by molar-refractivity contribution is 7.89. The van der Waals surface area contributed by atoms with Gasteiger partial charge in [0.15, 0.2) is 5.96 Å². The fraction of sp³-hybridized carbons (Fsp3) is 0.929. The Morgan fingerprint density at radius 1 is 1.18 bits per heavy atom. The molecule has 22 heavy (non-hydrogen) atoms. The van der Waals surface area contributed by atoms with Crippen LogP contribution in [0, 0.1) is 0 Å². The van der Waals surface area contributed by atoms with Crippen LogP contribution in [-0.4, -0.2) is 69.9 Å². The molecular formula is C14H32N4O3S. The standard InChI is InChI=1S/C14H32N4O3S/c1-7-15-13(17-12-14(4,5)21-6)16-10-11-22(19,20)18(8-2)9-3/h7-12H2,1-6H3,(H2,15,16,17). The van der Waals surface area contributed by atoms with E-state index in [0.717, 1.165) is 0 Å². The fourth-order valence-corrected chi connectivity index (χ4v) is 3.13. The molecule has 0 aromatic rings. The molecule has 0 aromatic carbocycles. The Kier molecular flexibility index (Phi) is 9.63. The number of hydrogen-bond acceptors (Lipinski definition) is 4. The monoisotopic (exact) mass is 336 g/mol. The molecule has 0 aliphatic heterocycles. The van der Waals surface area contributed by atoms with E-state index in [1.54, 1.807) is 7.11 Å². The van der Waals surface area contributed by atoms with Crippen molar-refractivity contribution in [2.24, 2.45) is 4.99 Å². The largest absolute Gasteiger partial charge is 0.377 e. The van der Waals surface area contributed by atoms with E-state index in [9.17, 15) is 8.42 Å². The number of aliphatic imine (C=N–C) groups is 1. The van der Waals surface area contributed by atoms with Crippen LogP contribution in [0.15, 0.2) is 4.99 Å². The maximum Gasteiger partial charge on any atom is 0.215 e. The molecule has 0 unspecified atom stereocenters. The first kappa shape index (κ1) is 21.1. The number of hydrogen-bond donors (Lipinski definition) is 2. The van der Waals surface area contributed by atoms with Crippen LogP contribution in [0.5, 0.6) is 0 Å². The summed E-state index contributed by atoms with van der Waals surface area (Å²) < 4.78 is 31.0. The van der Waals surface area contributed by atoms with Gasteiger partial charge < -0.3 is 15.4 Å². The Bertz CT molecular complexity index is 431. The van der Waals surface area contributed by atoms with E-state index in [1.807, 2.05) is 34.6 Å². The van der Waals surface area contributed by atoms with Gasteiger partial charge in [-0.15, -0.1) is 0 Å². The Morgan fingerprint density at radius 3 is 2.23 bits per heavy atom. The second-order valence-electron chi connectivity index (χ2n) is 5.49. The van der Waals surface area contributed by atoms with Crippen molar-refractivity contribution in [2.75, 3.05) is 45.6 Å². The number of nitrogens with one attached hydrogen (secondary N) is 2. The zero-order chi connectivity index (χ0) is 17.2. The highest BCUT2D eigenvalue weighted by Crippen LogP contribution is 2.07. The van der Waals surface area contributed by atoms with E-state index < -0.39 is 10.0 Å². The summed E-state index contributed by atoms with van der Waals surface area (Å²) in [7, 11) is -1.57.